The number of anilines is 1. The van der Waals surface area contributed by atoms with E-state index in [0.29, 0.717) is 53.4 Å². The van der Waals surface area contributed by atoms with Crippen LogP contribution in [0.2, 0.25) is 10.0 Å². The van der Waals surface area contributed by atoms with Gasteiger partial charge >= 0.3 is 5.97 Å². The van der Waals surface area contributed by atoms with Gasteiger partial charge in [-0.2, -0.15) is 4.99 Å². The van der Waals surface area contributed by atoms with Crippen molar-refractivity contribution in [2.45, 2.75) is 45.1 Å². The maximum absolute atomic E-state index is 12.9. The summed E-state index contributed by atoms with van der Waals surface area (Å²) in [6.45, 7) is 4.63. The van der Waals surface area contributed by atoms with Gasteiger partial charge < -0.3 is 34.1 Å². The molecule has 3 atom stereocenters. The van der Waals surface area contributed by atoms with Crippen LogP contribution < -0.4 is 10.2 Å². The third-order valence-corrected chi connectivity index (χ3v) is 8.42. The number of esters is 1. The molecule has 39 heavy (non-hydrogen) atoms. The molecular weight excluding hydrogens is 571 g/mol. The number of piperidine rings is 1. The number of amides is 1. The zero-order chi connectivity index (χ0) is 28.3. The Kier molecular flexibility index (Phi) is 9.49. The molecule has 2 aliphatic heterocycles. The van der Waals surface area contributed by atoms with E-state index in [0.717, 1.165) is 0 Å². The van der Waals surface area contributed by atoms with E-state index in [2.05, 4.69) is 20.3 Å². The molecule has 0 spiro atoms. The minimum Gasteiger partial charge on any atom is -0.484 e. The zero-order valence-electron chi connectivity index (χ0n) is 22.2. The standard InChI is InChI=1S/C24H30Cl2N6O6S/c1-6-38-23(34)20-19(21-29-14(36-4)9-15(30-21)37-5)31-24(39-20)32-8-7-12(13(10-32)35-3)28-22(33)18-17(26)16(25)11(2)27-18/h12-14,27H,6-10H2,1-5H3,(H,28,33)/t12-,13+,14?/m1/s1. The van der Waals surface area contributed by atoms with Crippen molar-refractivity contribution in [1.29, 1.82) is 0 Å². The second-order valence-electron chi connectivity index (χ2n) is 8.79. The van der Waals surface area contributed by atoms with Gasteiger partial charge in [0.1, 0.15) is 16.3 Å². The average molecular weight is 602 g/mol. The van der Waals surface area contributed by atoms with Crippen molar-refractivity contribution in [3.63, 3.8) is 0 Å². The van der Waals surface area contributed by atoms with Crippen molar-refractivity contribution in [3.8, 4) is 0 Å². The first-order valence-corrected chi connectivity index (χ1v) is 13.8. The summed E-state index contributed by atoms with van der Waals surface area (Å²) in [6, 6.07) is -0.291. The molecule has 1 unspecified atom stereocenters. The van der Waals surface area contributed by atoms with Crippen molar-refractivity contribution in [2.24, 2.45) is 9.98 Å². The van der Waals surface area contributed by atoms with E-state index in [4.69, 9.17) is 47.1 Å². The molecule has 2 aromatic rings. The quantitative estimate of drug-likeness (QED) is 0.439. The summed E-state index contributed by atoms with van der Waals surface area (Å²) in [4.78, 5) is 44.6. The number of aromatic amines is 1. The van der Waals surface area contributed by atoms with Crippen LogP contribution in [0, 0.1) is 6.92 Å². The van der Waals surface area contributed by atoms with Gasteiger partial charge in [0.15, 0.2) is 23.1 Å². The fourth-order valence-corrected chi connectivity index (χ4v) is 5.70. The number of amidine groups is 1. The summed E-state index contributed by atoms with van der Waals surface area (Å²) in [6.07, 6.45) is 0.0415. The predicted octanol–water partition coefficient (Wildman–Crippen LogP) is 3.45. The molecule has 0 aliphatic carbocycles. The highest BCUT2D eigenvalue weighted by atomic mass is 35.5. The minimum atomic E-state index is -0.519. The van der Waals surface area contributed by atoms with Gasteiger partial charge in [0, 0.05) is 33.0 Å². The first-order valence-electron chi connectivity index (χ1n) is 12.2. The molecule has 212 valence electrons. The van der Waals surface area contributed by atoms with Crippen LogP contribution in [-0.4, -0.2) is 93.0 Å². The lowest BCUT2D eigenvalue weighted by atomic mass is 10.0. The number of carbonyl (C=O) groups is 2. The number of hydrogen-bond acceptors (Lipinski definition) is 11. The molecule has 15 heteroatoms. The van der Waals surface area contributed by atoms with Crippen LogP contribution in [0.4, 0.5) is 5.13 Å². The first-order chi connectivity index (χ1) is 18.7. The number of H-pyrrole nitrogens is 1. The molecule has 4 rings (SSSR count). The Labute approximate surface area is 239 Å². The Morgan fingerprint density at radius 1 is 1.21 bits per heavy atom. The topological polar surface area (TPSA) is 140 Å². The number of carbonyl (C=O) groups excluding carboxylic acids is 2. The van der Waals surface area contributed by atoms with Gasteiger partial charge in [-0.25, -0.2) is 14.8 Å². The zero-order valence-corrected chi connectivity index (χ0v) is 24.5. The van der Waals surface area contributed by atoms with E-state index in [1.807, 2.05) is 4.90 Å². The van der Waals surface area contributed by atoms with Gasteiger partial charge in [-0.1, -0.05) is 34.5 Å². The number of ether oxygens (including phenoxy) is 4. The third kappa shape index (κ3) is 6.22. The van der Waals surface area contributed by atoms with Crippen LogP contribution in [0.1, 0.15) is 51.3 Å². The maximum atomic E-state index is 12.9. The number of aryl methyl sites for hydroxylation is 1. The smallest absolute Gasteiger partial charge is 0.350 e. The molecule has 1 fully saturated rings. The second-order valence-corrected chi connectivity index (χ2v) is 10.5. The summed E-state index contributed by atoms with van der Waals surface area (Å²) in [5.41, 5.74) is 1.12. The Hall–Kier alpha value is -2.71. The van der Waals surface area contributed by atoms with Crippen LogP contribution in [0.15, 0.2) is 9.98 Å². The van der Waals surface area contributed by atoms with Crippen LogP contribution in [0.25, 0.3) is 0 Å². The van der Waals surface area contributed by atoms with Crippen molar-refractivity contribution in [2.75, 3.05) is 45.9 Å². The lowest BCUT2D eigenvalue weighted by Crippen LogP contribution is -2.55. The van der Waals surface area contributed by atoms with Crippen molar-refractivity contribution in [3.05, 3.63) is 32.0 Å². The molecular formula is C24H30Cl2N6O6S. The molecule has 1 amide bonds. The van der Waals surface area contributed by atoms with E-state index < -0.39 is 12.2 Å². The fraction of sp³-hybridized carbons (Fsp3) is 0.542. The molecule has 0 bridgehead atoms. The van der Waals surface area contributed by atoms with Crippen LogP contribution in [0.5, 0.6) is 0 Å². The number of rotatable bonds is 8. The highest BCUT2D eigenvalue weighted by molar-refractivity contribution is 7.17. The van der Waals surface area contributed by atoms with E-state index in [1.165, 1.54) is 25.6 Å². The number of aliphatic imine (C=N–C) groups is 2. The molecule has 1 saturated heterocycles. The Morgan fingerprint density at radius 3 is 2.59 bits per heavy atom. The van der Waals surface area contributed by atoms with Crippen molar-refractivity contribution in [1.82, 2.24) is 15.3 Å². The molecule has 0 aromatic carbocycles. The molecule has 0 saturated carbocycles. The Balaban J connectivity index is 1.57. The molecule has 2 N–H and O–H groups in total. The normalized spacial score (nSPS) is 21.3. The lowest BCUT2D eigenvalue weighted by molar-refractivity contribution is 0.0530. The highest BCUT2D eigenvalue weighted by Gasteiger charge is 2.35. The maximum Gasteiger partial charge on any atom is 0.350 e. The predicted molar refractivity (Wildman–Crippen MR) is 149 cm³/mol. The molecule has 2 aromatic heterocycles. The fourth-order valence-electron chi connectivity index (χ4n) is 4.30. The second kappa shape index (κ2) is 12.6. The highest BCUT2D eigenvalue weighted by Crippen LogP contribution is 2.32. The number of hydrogen-bond donors (Lipinski definition) is 2. The van der Waals surface area contributed by atoms with Gasteiger partial charge in [-0.05, 0) is 20.3 Å². The first kappa shape index (κ1) is 29.3. The average Bonchev–Trinajstić information content (AvgIpc) is 3.50. The van der Waals surface area contributed by atoms with Gasteiger partial charge in [0.2, 0.25) is 0 Å². The van der Waals surface area contributed by atoms with Crippen molar-refractivity contribution >= 4 is 63.3 Å². The molecule has 4 heterocycles. The van der Waals surface area contributed by atoms with Gasteiger partial charge in [-0.15, -0.1) is 0 Å². The van der Waals surface area contributed by atoms with E-state index in [-0.39, 0.29) is 46.1 Å². The van der Waals surface area contributed by atoms with E-state index in [1.54, 1.807) is 21.0 Å². The summed E-state index contributed by atoms with van der Waals surface area (Å²) in [7, 11) is 4.63. The molecule has 0 radical (unpaired) electrons. The Morgan fingerprint density at radius 2 is 1.97 bits per heavy atom. The van der Waals surface area contributed by atoms with Gasteiger partial charge in [0.25, 0.3) is 5.91 Å². The summed E-state index contributed by atoms with van der Waals surface area (Å²) >= 11 is 13.5. The Bertz CT molecular complexity index is 1290. The van der Waals surface area contributed by atoms with Gasteiger partial charge in [0.05, 0.1) is 42.3 Å². The number of nitrogens with one attached hydrogen (secondary N) is 2. The SMILES string of the molecule is CCOC(=O)c1sc(N2CC[C@@H](NC(=O)c3[nH]c(C)c(Cl)c3Cl)[C@@H](OC)C2)nc1C1=NC(OC)CC(OC)=N1. The van der Waals surface area contributed by atoms with Crippen molar-refractivity contribution < 1.29 is 28.5 Å². The minimum absolute atomic E-state index is 0.181. The largest absolute Gasteiger partial charge is 0.484 e. The van der Waals surface area contributed by atoms with Crippen LogP contribution in [0.3, 0.4) is 0 Å². The number of nitrogens with zero attached hydrogens (tertiary/aromatic N) is 4. The summed E-state index contributed by atoms with van der Waals surface area (Å²) in [5, 5.41) is 4.07. The number of thiazole rings is 1. The third-order valence-electron chi connectivity index (χ3n) is 6.37. The summed E-state index contributed by atoms with van der Waals surface area (Å²) < 4.78 is 21.7. The monoisotopic (exact) mass is 600 g/mol. The molecule has 12 nitrogen and oxygen atoms in total. The number of aromatic nitrogens is 2. The van der Waals surface area contributed by atoms with E-state index in [9.17, 15) is 9.59 Å². The van der Waals surface area contributed by atoms with Crippen LogP contribution in [-0.2, 0) is 18.9 Å². The lowest BCUT2D eigenvalue weighted by Gasteiger charge is -2.37. The van der Waals surface area contributed by atoms with Gasteiger partial charge in [-0.3, -0.25) is 4.79 Å². The number of methoxy groups -OCH3 is 3. The summed E-state index contributed by atoms with van der Waals surface area (Å²) in [5.74, 6) is -0.232. The van der Waals surface area contributed by atoms with E-state index >= 15 is 0 Å². The molecule has 2 aliphatic rings. The number of halogens is 2. The van der Waals surface area contributed by atoms with Crippen LogP contribution >= 0.6 is 34.5 Å².